The molecule has 3 aromatic carbocycles. The monoisotopic (exact) mass is 532 g/mol. The zero-order valence-corrected chi connectivity index (χ0v) is 22.0. The second-order valence-corrected chi connectivity index (χ2v) is 9.56. The van der Waals surface area contributed by atoms with Crippen LogP contribution in [0.4, 0.5) is 5.69 Å². The third-order valence-corrected chi connectivity index (χ3v) is 7.09. The second-order valence-electron chi connectivity index (χ2n) is 9.56. The Morgan fingerprint density at radius 2 is 1.64 bits per heavy atom. The van der Waals surface area contributed by atoms with Gasteiger partial charge in [-0.1, -0.05) is 18.9 Å². The van der Waals surface area contributed by atoms with Crippen LogP contribution in [-0.4, -0.2) is 50.4 Å². The highest BCUT2D eigenvalue weighted by Gasteiger charge is 2.36. The van der Waals surface area contributed by atoms with Gasteiger partial charge in [-0.05, 0) is 73.0 Å². The number of nitrogens with zero attached hydrogens (tertiary/aromatic N) is 1. The molecule has 0 spiro atoms. The van der Waals surface area contributed by atoms with Crippen LogP contribution < -0.4 is 29.2 Å². The summed E-state index contributed by atoms with van der Waals surface area (Å²) in [5.74, 6) is 1.06. The number of hydrogen-bond acceptors (Lipinski definition) is 7. The summed E-state index contributed by atoms with van der Waals surface area (Å²) >= 11 is 0. The fourth-order valence-electron chi connectivity index (χ4n) is 5.07. The maximum atomic E-state index is 14.3. The van der Waals surface area contributed by atoms with Crippen LogP contribution in [0.5, 0.6) is 28.7 Å². The number of hydrogen-bond donors (Lipinski definition) is 2. The number of benzene rings is 3. The number of amides is 2. The Kier molecular flexibility index (Phi) is 7.76. The third-order valence-electron chi connectivity index (χ3n) is 7.09. The van der Waals surface area contributed by atoms with Gasteiger partial charge >= 0.3 is 0 Å². The van der Waals surface area contributed by atoms with Gasteiger partial charge in [-0.3, -0.25) is 14.5 Å². The number of aromatic hydroxyl groups is 1. The maximum absolute atomic E-state index is 14.3. The van der Waals surface area contributed by atoms with Gasteiger partial charge in [0.15, 0.2) is 23.0 Å². The van der Waals surface area contributed by atoms with Crippen LogP contribution in [-0.2, 0) is 4.79 Å². The average molecular weight is 533 g/mol. The topological polar surface area (TPSA) is 107 Å². The molecule has 0 saturated heterocycles. The Bertz CT molecular complexity index is 1340. The van der Waals surface area contributed by atoms with Crippen molar-refractivity contribution in [1.82, 2.24) is 5.32 Å². The van der Waals surface area contributed by atoms with Crippen molar-refractivity contribution in [2.45, 2.75) is 37.8 Å². The second kappa shape index (κ2) is 11.6. The summed E-state index contributed by atoms with van der Waals surface area (Å²) in [5, 5.41) is 13.4. The molecule has 9 heteroatoms. The fourth-order valence-corrected chi connectivity index (χ4v) is 5.07. The Labute approximate surface area is 227 Å². The highest BCUT2D eigenvalue weighted by Crippen LogP contribution is 2.37. The summed E-state index contributed by atoms with van der Waals surface area (Å²) in [5.41, 5.74) is 1.32. The van der Waals surface area contributed by atoms with Crippen LogP contribution >= 0.6 is 0 Å². The molecule has 2 amide bonds. The van der Waals surface area contributed by atoms with Crippen molar-refractivity contribution in [1.29, 1.82) is 0 Å². The third kappa shape index (κ3) is 5.57. The number of phenols is 1. The van der Waals surface area contributed by atoms with Crippen LogP contribution in [0.2, 0.25) is 0 Å². The number of carbonyl (C=O) groups excluding carboxylic acids is 2. The summed E-state index contributed by atoms with van der Waals surface area (Å²) in [6.07, 6.45) is 3.86. The highest BCUT2D eigenvalue weighted by atomic mass is 16.6. The lowest BCUT2D eigenvalue weighted by molar-refractivity contribution is -0.123. The van der Waals surface area contributed by atoms with Gasteiger partial charge in [-0.25, -0.2) is 0 Å². The molecule has 1 aliphatic carbocycles. The minimum Gasteiger partial charge on any atom is -0.504 e. The predicted molar refractivity (Wildman–Crippen MR) is 145 cm³/mol. The molecule has 5 rings (SSSR count). The fraction of sp³-hybridized carbons (Fsp3) is 0.333. The molecule has 1 heterocycles. The normalized spacial score (nSPS) is 15.3. The largest absolute Gasteiger partial charge is 0.504 e. The van der Waals surface area contributed by atoms with Gasteiger partial charge in [-0.15, -0.1) is 0 Å². The number of phenolic OH excluding ortho intramolecular Hbond substituents is 1. The first-order valence-corrected chi connectivity index (χ1v) is 13.0. The maximum Gasteiger partial charge on any atom is 0.259 e. The van der Waals surface area contributed by atoms with E-state index in [-0.39, 0.29) is 23.4 Å². The van der Waals surface area contributed by atoms with Gasteiger partial charge in [0.05, 0.1) is 14.2 Å². The quantitative estimate of drug-likeness (QED) is 0.436. The van der Waals surface area contributed by atoms with Gasteiger partial charge in [0.1, 0.15) is 25.0 Å². The number of ether oxygens (including phenoxy) is 4. The number of carbonyl (C=O) groups is 2. The minimum absolute atomic E-state index is 0.0288. The van der Waals surface area contributed by atoms with Crippen LogP contribution in [0, 0.1) is 0 Å². The van der Waals surface area contributed by atoms with E-state index < -0.39 is 11.9 Å². The average Bonchev–Trinajstić information content (AvgIpc) is 3.49. The van der Waals surface area contributed by atoms with Crippen molar-refractivity contribution in [2.24, 2.45) is 0 Å². The van der Waals surface area contributed by atoms with Crippen LogP contribution in [0.15, 0.2) is 60.7 Å². The Hall–Kier alpha value is -4.40. The van der Waals surface area contributed by atoms with Crippen LogP contribution in [0.25, 0.3) is 0 Å². The van der Waals surface area contributed by atoms with Crippen LogP contribution in [0.1, 0.15) is 47.6 Å². The molecule has 0 bridgehead atoms. The number of methoxy groups -OCH3 is 2. The van der Waals surface area contributed by atoms with Gasteiger partial charge in [0, 0.05) is 17.3 Å². The lowest BCUT2D eigenvalue weighted by Gasteiger charge is -2.33. The van der Waals surface area contributed by atoms with E-state index >= 15 is 0 Å². The van der Waals surface area contributed by atoms with Crippen molar-refractivity contribution in [3.63, 3.8) is 0 Å². The van der Waals surface area contributed by atoms with Gasteiger partial charge in [0.2, 0.25) is 5.91 Å². The standard InChI is InChI=1S/C30H32N2O7/c1-36-23-11-9-22(10-12-23)32(30(35)20-8-14-25-27(18-20)39-16-15-38-25)28(29(34)31-21-5-3-4-6-21)19-7-13-24(33)26(17-19)37-2/h7-14,17-18,21,28,33H,3-6,15-16H2,1-2H3,(H,31,34)/t28-/m0/s1. The van der Waals surface area contributed by atoms with Crippen molar-refractivity contribution in [2.75, 3.05) is 32.3 Å². The first kappa shape index (κ1) is 26.2. The summed E-state index contributed by atoms with van der Waals surface area (Å²) in [6.45, 7) is 0.816. The molecule has 0 unspecified atom stereocenters. The molecule has 204 valence electrons. The minimum atomic E-state index is -1.06. The summed E-state index contributed by atoms with van der Waals surface area (Å²) in [4.78, 5) is 29.8. The SMILES string of the molecule is COc1ccc(N(C(=O)c2ccc3c(c2)OCCO3)[C@H](C(=O)NC2CCCC2)c2ccc(O)c(OC)c2)cc1. The van der Waals surface area contributed by atoms with Crippen molar-refractivity contribution < 1.29 is 33.6 Å². The molecule has 0 aromatic heterocycles. The Morgan fingerprint density at radius 3 is 2.33 bits per heavy atom. The van der Waals surface area contributed by atoms with Gasteiger partial charge in [-0.2, -0.15) is 0 Å². The molecular formula is C30H32N2O7. The van der Waals surface area contributed by atoms with Gasteiger partial charge < -0.3 is 29.4 Å². The van der Waals surface area contributed by atoms with E-state index in [9.17, 15) is 14.7 Å². The number of fused-ring (bicyclic) bond motifs is 1. The lowest BCUT2D eigenvalue weighted by Crippen LogP contribution is -2.46. The smallest absolute Gasteiger partial charge is 0.259 e. The van der Waals surface area contributed by atoms with E-state index in [1.807, 2.05) is 0 Å². The predicted octanol–water partition coefficient (Wildman–Crippen LogP) is 4.63. The van der Waals surface area contributed by atoms with Crippen molar-refractivity contribution in [3.8, 4) is 28.7 Å². The van der Waals surface area contributed by atoms with E-state index in [0.717, 1.165) is 25.7 Å². The lowest BCUT2D eigenvalue weighted by atomic mass is 10.00. The number of nitrogens with one attached hydrogen (secondary N) is 1. The van der Waals surface area contributed by atoms with E-state index in [4.69, 9.17) is 18.9 Å². The first-order chi connectivity index (χ1) is 19.0. The van der Waals surface area contributed by atoms with E-state index in [1.165, 1.54) is 18.1 Å². The summed E-state index contributed by atoms with van der Waals surface area (Å²) in [6, 6.07) is 15.6. The molecular weight excluding hydrogens is 500 g/mol. The summed E-state index contributed by atoms with van der Waals surface area (Å²) < 4.78 is 22.0. The zero-order valence-electron chi connectivity index (χ0n) is 22.0. The van der Waals surface area contributed by atoms with E-state index in [2.05, 4.69) is 5.32 Å². The molecule has 39 heavy (non-hydrogen) atoms. The number of anilines is 1. The first-order valence-electron chi connectivity index (χ1n) is 13.0. The molecule has 2 N–H and O–H groups in total. The van der Waals surface area contributed by atoms with E-state index in [1.54, 1.807) is 61.7 Å². The molecule has 2 aliphatic rings. The highest BCUT2D eigenvalue weighted by molar-refractivity contribution is 6.10. The summed E-state index contributed by atoms with van der Waals surface area (Å²) in [7, 11) is 3.00. The molecule has 1 aliphatic heterocycles. The molecule has 0 radical (unpaired) electrons. The molecule has 9 nitrogen and oxygen atoms in total. The van der Waals surface area contributed by atoms with E-state index in [0.29, 0.717) is 47.3 Å². The van der Waals surface area contributed by atoms with Crippen molar-refractivity contribution >= 4 is 17.5 Å². The zero-order chi connectivity index (χ0) is 27.4. The number of rotatable bonds is 8. The van der Waals surface area contributed by atoms with Crippen molar-refractivity contribution in [3.05, 3.63) is 71.8 Å². The molecule has 1 atom stereocenters. The Morgan fingerprint density at radius 1 is 0.923 bits per heavy atom. The van der Waals surface area contributed by atoms with Crippen LogP contribution in [0.3, 0.4) is 0 Å². The Balaban J connectivity index is 1.63. The molecule has 1 saturated carbocycles. The molecule has 1 fully saturated rings. The van der Waals surface area contributed by atoms with Gasteiger partial charge in [0.25, 0.3) is 5.91 Å². The molecule has 3 aromatic rings.